The highest BCUT2D eigenvalue weighted by Gasteiger charge is 2.23. The van der Waals surface area contributed by atoms with Gasteiger partial charge in [0.15, 0.2) is 11.9 Å². The first kappa shape index (κ1) is 11.3. The van der Waals surface area contributed by atoms with Gasteiger partial charge in [-0.05, 0) is 38.6 Å². The van der Waals surface area contributed by atoms with Gasteiger partial charge in [0.25, 0.3) is 0 Å². The molecular weight excluding hydrogens is 228 g/mol. The summed E-state index contributed by atoms with van der Waals surface area (Å²) in [7, 11) is 2.13. The number of pyridine rings is 1. The summed E-state index contributed by atoms with van der Waals surface area (Å²) in [5.41, 5.74) is 1.47. The zero-order valence-corrected chi connectivity index (χ0v) is 10.4. The second-order valence-corrected chi connectivity index (χ2v) is 4.97. The number of aldehydes is 1. The van der Waals surface area contributed by atoms with Gasteiger partial charge in [-0.25, -0.2) is 0 Å². The molecule has 2 aromatic rings. The Balaban J connectivity index is 2.02. The molecule has 2 aromatic heterocycles. The topological polar surface area (TPSA) is 50.5 Å². The quantitative estimate of drug-likeness (QED) is 0.748. The van der Waals surface area contributed by atoms with Crippen molar-refractivity contribution in [3.8, 4) is 0 Å². The van der Waals surface area contributed by atoms with Crippen molar-refractivity contribution in [2.45, 2.75) is 18.8 Å². The number of nitrogens with zero attached hydrogens (tertiary/aromatic N) is 4. The molecule has 1 unspecified atom stereocenters. The third-order valence-electron chi connectivity index (χ3n) is 3.58. The van der Waals surface area contributed by atoms with E-state index in [4.69, 9.17) is 0 Å². The van der Waals surface area contributed by atoms with Crippen LogP contribution in [0.2, 0.25) is 0 Å². The van der Waals surface area contributed by atoms with Gasteiger partial charge in [-0.1, -0.05) is 0 Å². The summed E-state index contributed by atoms with van der Waals surface area (Å²) >= 11 is 0. The van der Waals surface area contributed by atoms with Gasteiger partial charge in [0.1, 0.15) is 5.82 Å². The van der Waals surface area contributed by atoms with Crippen LogP contribution in [0.1, 0.15) is 34.9 Å². The average Bonchev–Trinajstić information content (AvgIpc) is 2.81. The maximum absolute atomic E-state index is 10.8. The summed E-state index contributed by atoms with van der Waals surface area (Å²) in [6.07, 6.45) is 5.00. The van der Waals surface area contributed by atoms with Crippen molar-refractivity contribution in [2.24, 2.45) is 0 Å². The molecule has 94 valence electrons. The highest BCUT2D eigenvalue weighted by Crippen LogP contribution is 2.25. The number of likely N-dealkylation sites (N-methyl/N-ethyl adjacent to an activating group) is 1. The van der Waals surface area contributed by atoms with Gasteiger partial charge in [0, 0.05) is 24.2 Å². The van der Waals surface area contributed by atoms with Crippen LogP contribution in [-0.2, 0) is 0 Å². The summed E-state index contributed by atoms with van der Waals surface area (Å²) in [6, 6.07) is 3.61. The lowest BCUT2D eigenvalue weighted by Crippen LogP contribution is -2.31. The number of aromatic nitrogens is 3. The molecule has 0 radical (unpaired) electrons. The van der Waals surface area contributed by atoms with Crippen molar-refractivity contribution in [1.82, 2.24) is 19.5 Å². The maximum Gasteiger partial charge on any atom is 0.160 e. The molecule has 5 nitrogen and oxygen atoms in total. The van der Waals surface area contributed by atoms with Gasteiger partial charge in [-0.15, -0.1) is 10.2 Å². The number of likely N-dealkylation sites (tertiary alicyclic amines) is 1. The second-order valence-electron chi connectivity index (χ2n) is 4.97. The molecule has 1 fully saturated rings. The van der Waals surface area contributed by atoms with E-state index >= 15 is 0 Å². The van der Waals surface area contributed by atoms with E-state index < -0.39 is 0 Å². The van der Waals surface area contributed by atoms with E-state index in [0.29, 0.717) is 11.5 Å². The molecule has 0 spiro atoms. The van der Waals surface area contributed by atoms with Gasteiger partial charge in [-0.3, -0.25) is 9.20 Å². The Bertz CT molecular complexity index is 577. The van der Waals surface area contributed by atoms with E-state index in [1.165, 1.54) is 6.42 Å². The molecule has 0 amide bonds. The standard InChI is InChI=1S/C13H16N4O/c1-16-6-2-3-11(8-16)13-15-14-12-5-4-10(9-18)7-17(12)13/h4-5,7,9,11H,2-3,6,8H2,1H3. The molecule has 5 heteroatoms. The Labute approximate surface area is 105 Å². The first-order valence-electron chi connectivity index (χ1n) is 6.26. The van der Waals surface area contributed by atoms with Crippen LogP contribution < -0.4 is 0 Å². The molecule has 1 atom stereocenters. The fourth-order valence-corrected chi connectivity index (χ4v) is 2.65. The van der Waals surface area contributed by atoms with Crippen LogP contribution in [0.5, 0.6) is 0 Å². The summed E-state index contributed by atoms with van der Waals surface area (Å²) in [5.74, 6) is 1.38. The van der Waals surface area contributed by atoms with Crippen LogP contribution >= 0.6 is 0 Å². The average molecular weight is 244 g/mol. The third kappa shape index (κ3) is 1.90. The lowest BCUT2D eigenvalue weighted by molar-refractivity contribution is 0.112. The van der Waals surface area contributed by atoms with Crippen molar-refractivity contribution in [3.63, 3.8) is 0 Å². The smallest absolute Gasteiger partial charge is 0.160 e. The summed E-state index contributed by atoms with van der Waals surface area (Å²) < 4.78 is 1.95. The molecule has 1 saturated heterocycles. The van der Waals surface area contributed by atoms with Crippen molar-refractivity contribution in [1.29, 1.82) is 0 Å². The molecule has 1 aliphatic rings. The molecule has 0 aromatic carbocycles. The summed E-state index contributed by atoms with van der Waals surface area (Å²) in [5, 5.41) is 8.47. The van der Waals surface area contributed by atoms with Crippen LogP contribution in [0, 0.1) is 0 Å². The van der Waals surface area contributed by atoms with Gasteiger partial charge < -0.3 is 4.90 Å². The highest BCUT2D eigenvalue weighted by atomic mass is 16.1. The minimum Gasteiger partial charge on any atom is -0.306 e. The first-order chi connectivity index (χ1) is 8.78. The fourth-order valence-electron chi connectivity index (χ4n) is 2.65. The molecule has 0 saturated carbocycles. The fraction of sp³-hybridized carbons (Fsp3) is 0.462. The van der Waals surface area contributed by atoms with Crippen LogP contribution in [0.3, 0.4) is 0 Å². The monoisotopic (exact) mass is 244 g/mol. The second kappa shape index (κ2) is 4.49. The van der Waals surface area contributed by atoms with E-state index in [2.05, 4.69) is 22.1 Å². The Morgan fingerprint density at radius 2 is 2.28 bits per heavy atom. The van der Waals surface area contributed by atoms with E-state index in [1.807, 2.05) is 16.7 Å². The number of hydrogen-bond acceptors (Lipinski definition) is 4. The Morgan fingerprint density at radius 3 is 3.06 bits per heavy atom. The number of hydrogen-bond donors (Lipinski definition) is 0. The predicted octanol–water partition coefficient (Wildman–Crippen LogP) is 1.35. The maximum atomic E-state index is 10.8. The van der Waals surface area contributed by atoms with E-state index in [1.54, 1.807) is 6.07 Å². The molecule has 1 aliphatic heterocycles. The molecule has 3 rings (SSSR count). The Morgan fingerprint density at radius 1 is 1.39 bits per heavy atom. The van der Waals surface area contributed by atoms with Crippen molar-refractivity contribution < 1.29 is 4.79 Å². The minimum absolute atomic E-state index is 0.403. The largest absolute Gasteiger partial charge is 0.306 e. The number of carbonyl (C=O) groups excluding carboxylic acids is 1. The molecule has 0 N–H and O–H groups in total. The molecule has 0 bridgehead atoms. The van der Waals surface area contributed by atoms with E-state index in [9.17, 15) is 4.79 Å². The molecule has 0 aliphatic carbocycles. The van der Waals surface area contributed by atoms with E-state index in [0.717, 1.165) is 37.3 Å². The molecular formula is C13H16N4O. The lowest BCUT2D eigenvalue weighted by atomic mass is 9.98. The van der Waals surface area contributed by atoms with E-state index in [-0.39, 0.29) is 0 Å². The van der Waals surface area contributed by atoms with Crippen molar-refractivity contribution >= 4 is 11.9 Å². The molecule has 18 heavy (non-hydrogen) atoms. The SMILES string of the molecule is CN1CCCC(c2nnc3ccc(C=O)cn23)C1. The van der Waals surface area contributed by atoms with Gasteiger partial charge in [0.05, 0.1) is 0 Å². The Kier molecular flexibility index (Phi) is 2.83. The van der Waals surface area contributed by atoms with Gasteiger partial charge in [0.2, 0.25) is 0 Å². The van der Waals surface area contributed by atoms with Crippen LogP contribution in [0.15, 0.2) is 18.3 Å². The minimum atomic E-state index is 0.403. The number of carbonyl (C=O) groups is 1. The van der Waals surface area contributed by atoms with Crippen LogP contribution in [-0.4, -0.2) is 45.9 Å². The third-order valence-corrected chi connectivity index (χ3v) is 3.58. The predicted molar refractivity (Wildman–Crippen MR) is 67.8 cm³/mol. The normalized spacial score (nSPS) is 21.3. The zero-order chi connectivity index (χ0) is 12.5. The van der Waals surface area contributed by atoms with Crippen molar-refractivity contribution in [3.05, 3.63) is 29.7 Å². The Hall–Kier alpha value is -1.75. The van der Waals surface area contributed by atoms with Crippen LogP contribution in [0.4, 0.5) is 0 Å². The van der Waals surface area contributed by atoms with Crippen LogP contribution in [0.25, 0.3) is 5.65 Å². The first-order valence-corrected chi connectivity index (χ1v) is 6.26. The lowest BCUT2D eigenvalue weighted by Gasteiger charge is -2.28. The highest BCUT2D eigenvalue weighted by molar-refractivity contribution is 5.74. The van der Waals surface area contributed by atoms with Crippen molar-refractivity contribution in [2.75, 3.05) is 20.1 Å². The zero-order valence-electron chi connectivity index (χ0n) is 10.4. The number of fused-ring (bicyclic) bond motifs is 1. The number of piperidine rings is 1. The summed E-state index contributed by atoms with van der Waals surface area (Å²) in [4.78, 5) is 13.2. The van der Waals surface area contributed by atoms with Gasteiger partial charge in [-0.2, -0.15) is 0 Å². The number of rotatable bonds is 2. The molecule has 3 heterocycles. The summed E-state index contributed by atoms with van der Waals surface area (Å²) in [6.45, 7) is 2.15. The van der Waals surface area contributed by atoms with Gasteiger partial charge >= 0.3 is 0 Å².